The van der Waals surface area contributed by atoms with Crippen LogP contribution in [0.2, 0.25) is 0 Å². The maximum absolute atomic E-state index is 13.4. The summed E-state index contributed by atoms with van der Waals surface area (Å²) >= 11 is 0. The number of benzene rings is 3. The molecular weight excluding hydrogens is 480 g/mol. The summed E-state index contributed by atoms with van der Waals surface area (Å²) in [6.07, 6.45) is 0.715. The molecule has 7 heteroatoms. The number of ketones is 1. The third-order valence-corrected chi connectivity index (χ3v) is 6.54. The number of Topliss-reactive ketones (excluding diaryl/α,β-unsaturated/α-hetero) is 1. The second-order valence-electron chi connectivity index (χ2n) is 9.68. The van der Waals surface area contributed by atoms with Gasteiger partial charge in [-0.2, -0.15) is 0 Å². The molecule has 0 aromatic heterocycles. The maximum Gasteiger partial charge on any atom is 0.295 e. The highest BCUT2D eigenvalue weighted by Gasteiger charge is 2.43. The van der Waals surface area contributed by atoms with Gasteiger partial charge in [-0.1, -0.05) is 66.4 Å². The van der Waals surface area contributed by atoms with Gasteiger partial charge in [0, 0.05) is 18.5 Å². The quantitative estimate of drug-likeness (QED) is 0.184. The largest absolute Gasteiger partial charge is 0.872 e. The van der Waals surface area contributed by atoms with Gasteiger partial charge in [0.2, 0.25) is 5.78 Å². The third kappa shape index (κ3) is 6.23. The summed E-state index contributed by atoms with van der Waals surface area (Å²) in [5.74, 6) is -0.310. The molecule has 1 heterocycles. The van der Waals surface area contributed by atoms with Crippen molar-refractivity contribution in [2.45, 2.75) is 19.4 Å². The fraction of sp³-hybridized carbons (Fsp3) is 0.290. The first-order valence-corrected chi connectivity index (χ1v) is 12.9. The van der Waals surface area contributed by atoms with Crippen LogP contribution in [0.25, 0.3) is 5.76 Å². The summed E-state index contributed by atoms with van der Waals surface area (Å²) in [4.78, 5) is 28.9. The van der Waals surface area contributed by atoms with Gasteiger partial charge in [-0.15, -0.1) is 0 Å². The van der Waals surface area contributed by atoms with Gasteiger partial charge in [-0.05, 0) is 41.8 Å². The van der Waals surface area contributed by atoms with Crippen LogP contribution in [0.4, 0.5) is 0 Å². The fourth-order valence-corrected chi connectivity index (χ4v) is 4.57. The second-order valence-corrected chi connectivity index (χ2v) is 9.68. The average molecular weight is 515 g/mol. The minimum absolute atomic E-state index is 0.00120. The Bertz CT molecular complexity index is 1290. The number of nitrogens with zero attached hydrogens (tertiary/aromatic N) is 1. The smallest absolute Gasteiger partial charge is 0.295 e. The molecule has 1 aliphatic rings. The van der Waals surface area contributed by atoms with Crippen molar-refractivity contribution >= 4 is 17.4 Å². The molecule has 3 aromatic carbocycles. The number of likely N-dealkylation sites (tertiary alicyclic amines) is 1. The lowest BCUT2D eigenvalue weighted by Gasteiger charge is -2.27. The van der Waals surface area contributed by atoms with E-state index in [9.17, 15) is 14.7 Å². The van der Waals surface area contributed by atoms with Crippen molar-refractivity contribution in [3.05, 3.63) is 101 Å². The fourth-order valence-electron chi connectivity index (χ4n) is 4.57. The Labute approximate surface area is 223 Å². The highest BCUT2D eigenvalue weighted by molar-refractivity contribution is 6.46. The van der Waals surface area contributed by atoms with E-state index >= 15 is 0 Å². The lowest BCUT2D eigenvalue weighted by atomic mass is 9.95. The molecule has 0 bridgehead atoms. The van der Waals surface area contributed by atoms with Gasteiger partial charge in [0.1, 0.15) is 24.7 Å². The number of nitrogens with one attached hydrogen (secondary N) is 1. The molecule has 1 unspecified atom stereocenters. The summed E-state index contributed by atoms with van der Waals surface area (Å²) in [6, 6.07) is 22.9. The van der Waals surface area contributed by atoms with E-state index in [4.69, 9.17) is 9.47 Å². The Hall–Kier alpha value is -4.10. The molecule has 0 aliphatic carbocycles. The van der Waals surface area contributed by atoms with E-state index in [0.29, 0.717) is 43.1 Å². The highest BCUT2D eigenvalue weighted by atomic mass is 16.5. The van der Waals surface area contributed by atoms with Gasteiger partial charge in [0.15, 0.2) is 0 Å². The number of quaternary nitrogens is 1. The molecule has 1 saturated heterocycles. The molecule has 1 N–H and O–H groups in total. The topological polar surface area (TPSA) is 83.3 Å². The zero-order valence-corrected chi connectivity index (χ0v) is 22.1. The third-order valence-electron chi connectivity index (χ3n) is 6.54. The van der Waals surface area contributed by atoms with E-state index in [2.05, 4.69) is 0 Å². The van der Waals surface area contributed by atoms with Gasteiger partial charge < -0.3 is 24.4 Å². The number of hydrogen-bond donors (Lipinski definition) is 1. The molecule has 0 spiro atoms. The number of ether oxygens (including phenoxy) is 2. The molecule has 1 fully saturated rings. The van der Waals surface area contributed by atoms with E-state index in [1.807, 2.05) is 57.4 Å². The summed E-state index contributed by atoms with van der Waals surface area (Å²) in [5.41, 5.74) is 2.15. The van der Waals surface area contributed by atoms with Crippen molar-refractivity contribution in [3.63, 3.8) is 0 Å². The monoisotopic (exact) mass is 514 g/mol. The van der Waals surface area contributed by atoms with Crippen molar-refractivity contribution in [3.8, 4) is 11.5 Å². The van der Waals surface area contributed by atoms with Crippen LogP contribution in [-0.2, 0) is 9.59 Å². The van der Waals surface area contributed by atoms with Crippen molar-refractivity contribution in [1.82, 2.24) is 4.90 Å². The molecule has 198 valence electrons. The number of rotatable bonds is 11. The van der Waals surface area contributed by atoms with Gasteiger partial charge >= 0.3 is 0 Å². The van der Waals surface area contributed by atoms with Gasteiger partial charge in [0.25, 0.3) is 5.91 Å². The normalized spacial score (nSPS) is 16.7. The van der Waals surface area contributed by atoms with E-state index in [1.165, 1.54) is 9.80 Å². The Morgan fingerprint density at radius 2 is 1.55 bits per heavy atom. The van der Waals surface area contributed by atoms with E-state index in [1.54, 1.807) is 42.5 Å². The van der Waals surface area contributed by atoms with Gasteiger partial charge in [0.05, 0.1) is 26.7 Å². The molecule has 1 amide bonds. The van der Waals surface area contributed by atoms with E-state index < -0.39 is 23.5 Å². The van der Waals surface area contributed by atoms with E-state index in [0.717, 1.165) is 17.9 Å². The highest BCUT2D eigenvalue weighted by Crippen LogP contribution is 2.39. The van der Waals surface area contributed by atoms with Crippen LogP contribution in [0.3, 0.4) is 0 Å². The number of aryl methyl sites for hydroxylation is 1. The average Bonchev–Trinajstić information content (AvgIpc) is 3.17. The van der Waals surface area contributed by atoms with Crippen LogP contribution in [0, 0.1) is 6.92 Å². The summed E-state index contributed by atoms with van der Waals surface area (Å²) in [5, 5.41) is 13.4. The van der Waals surface area contributed by atoms with Crippen LogP contribution in [0.5, 0.6) is 11.5 Å². The van der Waals surface area contributed by atoms with E-state index in [-0.39, 0.29) is 5.57 Å². The van der Waals surface area contributed by atoms with Crippen molar-refractivity contribution < 1.29 is 29.1 Å². The van der Waals surface area contributed by atoms with Gasteiger partial charge in [-0.25, -0.2) is 0 Å². The lowest BCUT2D eigenvalue weighted by molar-refractivity contribution is -0.858. The van der Waals surface area contributed by atoms with Crippen LogP contribution in [0.1, 0.15) is 29.2 Å². The molecule has 0 radical (unpaired) electrons. The molecule has 4 rings (SSSR count). The van der Waals surface area contributed by atoms with Crippen LogP contribution in [0.15, 0.2) is 84.4 Å². The Morgan fingerprint density at radius 3 is 2.24 bits per heavy atom. The van der Waals surface area contributed by atoms with Crippen molar-refractivity contribution in [2.24, 2.45) is 0 Å². The number of para-hydroxylation sites is 1. The molecule has 3 aromatic rings. The van der Waals surface area contributed by atoms with Crippen molar-refractivity contribution in [2.75, 3.05) is 40.4 Å². The lowest BCUT2D eigenvalue weighted by Crippen LogP contribution is -3.05. The molecule has 1 atom stereocenters. The zero-order chi connectivity index (χ0) is 27.1. The van der Waals surface area contributed by atoms with Gasteiger partial charge in [-0.3, -0.25) is 9.59 Å². The van der Waals surface area contributed by atoms with Crippen molar-refractivity contribution in [1.29, 1.82) is 0 Å². The number of amides is 1. The van der Waals surface area contributed by atoms with Crippen LogP contribution >= 0.6 is 0 Å². The Morgan fingerprint density at radius 1 is 0.895 bits per heavy atom. The standard InChI is InChI=1S/C31H34N2O5/c1-22-10-7-8-13-26(22)38-21-20-37-25-16-14-23(15-17-25)28-27(29(34)24-11-5-4-6-12-24)30(35)31(36)33(28)19-9-18-32(2)3/h4-8,10-17,28,34H,9,18-21H2,1-3H3/b29-27+. The number of carbonyl (C=O) groups is 2. The molecule has 1 aliphatic heterocycles. The molecule has 0 saturated carbocycles. The molecule has 38 heavy (non-hydrogen) atoms. The predicted octanol–water partition coefficient (Wildman–Crippen LogP) is 2.21. The molecular formula is C31H34N2O5. The first-order chi connectivity index (χ1) is 18.4. The Kier molecular flexibility index (Phi) is 8.81. The summed E-state index contributed by atoms with van der Waals surface area (Å²) in [6.45, 7) is 3.97. The maximum atomic E-state index is 13.4. The first-order valence-electron chi connectivity index (χ1n) is 12.9. The zero-order valence-electron chi connectivity index (χ0n) is 22.1. The number of hydrogen-bond acceptors (Lipinski definition) is 5. The summed E-state index contributed by atoms with van der Waals surface area (Å²) < 4.78 is 11.6. The number of carbonyl (C=O) groups excluding carboxylic acids is 2. The minimum atomic E-state index is -0.738. The Balaban J connectivity index is 1.53. The predicted molar refractivity (Wildman–Crippen MR) is 144 cm³/mol. The van der Waals surface area contributed by atoms with Crippen LogP contribution < -0.4 is 19.5 Å². The summed E-state index contributed by atoms with van der Waals surface area (Å²) in [7, 11) is 4.07. The minimum Gasteiger partial charge on any atom is -0.872 e. The molecule has 7 nitrogen and oxygen atoms in total. The SMILES string of the molecule is Cc1ccccc1OCCOc1ccc(C2/C(=C(\[O-])c3ccccc3)C(=O)C(=O)N2CCC[NH+](C)C)cc1. The van der Waals surface area contributed by atoms with Crippen LogP contribution in [-0.4, -0.2) is 57.0 Å². The first kappa shape index (κ1) is 26.9. The second kappa shape index (κ2) is 12.4.